The molecule has 0 aromatic carbocycles. The lowest BCUT2D eigenvalue weighted by Gasteiger charge is -2.33. The molecule has 0 bridgehead atoms. The maximum atomic E-state index is 13.1. The number of nitrogens with zero attached hydrogens (tertiary/aromatic N) is 3. The third-order valence-corrected chi connectivity index (χ3v) is 5.07. The highest BCUT2D eigenvalue weighted by Crippen LogP contribution is 2.34. The van der Waals surface area contributed by atoms with E-state index in [0.29, 0.717) is 43.6 Å². The number of likely N-dealkylation sites (tertiary alicyclic amines) is 1. The quantitative estimate of drug-likeness (QED) is 0.785. The first kappa shape index (κ1) is 18.7. The lowest BCUT2D eigenvalue weighted by Crippen LogP contribution is -2.39. The number of alkyl halides is 3. The van der Waals surface area contributed by atoms with E-state index in [9.17, 15) is 22.8 Å². The average molecular weight is 397 g/mol. The van der Waals surface area contributed by atoms with E-state index in [1.54, 1.807) is 0 Å². The number of hydrogen-bond acceptors (Lipinski definition) is 6. The molecular formula is C18H18F3N3O4. The molecule has 0 spiro atoms. The third-order valence-electron chi connectivity index (χ3n) is 5.07. The van der Waals surface area contributed by atoms with Crippen LogP contribution in [-0.2, 0) is 12.8 Å². The van der Waals surface area contributed by atoms with Gasteiger partial charge in [0.2, 0.25) is 11.8 Å². The molecule has 4 rings (SSSR count). The number of Topliss-reactive ketones (excluding diaryl/α,β-unsaturated/α-hetero) is 1. The van der Waals surface area contributed by atoms with Gasteiger partial charge in [-0.2, -0.15) is 13.2 Å². The maximum absolute atomic E-state index is 13.1. The molecule has 1 amide bonds. The Kier molecular flexibility index (Phi) is 4.72. The summed E-state index contributed by atoms with van der Waals surface area (Å²) in [6.07, 6.45) is -0.829. The highest BCUT2D eigenvalue weighted by atomic mass is 19.4. The van der Waals surface area contributed by atoms with Crippen molar-refractivity contribution in [3.8, 4) is 0 Å². The maximum Gasteiger partial charge on any atom is 0.397 e. The molecule has 0 radical (unpaired) electrons. The lowest BCUT2D eigenvalue weighted by atomic mass is 9.93. The van der Waals surface area contributed by atoms with Gasteiger partial charge in [0.25, 0.3) is 5.91 Å². The summed E-state index contributed by atoms with van der Waals surface area (Å²) in [5.74, 6) is -0.566. The number of rotatable bonds is 3. The first-order chi connectivity index (χ1) is 13.3. The number of amides is 1. The molecule has 2 aliphatic rings. The number of hydrogen-bond donors (Lipinski definition) is 0. The molecule has 0 saturated carbocycles. The number of aromatic nitrogens is 2. The van der Waals surface area contributed by atoms with E-state index in [1.165, 1.54) is 11.2 Å². The van der Waals surface area contributed by atoms with Gasteiger partial charge in [-0.15, -0.1) is 10.2 Å². The van der Waals surface area contributed by atoms with Gasteiger partial charge in [-0.3, -0.25) is 9.59 Å². The van der Waals surface area contributed by atoms with Crippen molar-refractivity contribution in [2.45, 2.75) is 57.2 Å². The molecule has 1 aliphatic carbocycles. The van der Waals surface area contributed by atoms with Gasteiger partial charge in [0, 0.05) is 19.4 Å². The molecule has 10 heteroatoms. The number of piperidine rings is 1. The van der Waals surface area contributed by atoms with E-state index >= 15 is 0 Å². The summed E-state index contributed by atoms with van der Waals surface area (Å²) >= 11 is 0. The summed E-state index contributed by atoms with van der Waals surface area (Å²) in [4.78, 5) is 26.9. The van der Waals surface area contributed by atoms with E-state index in [4.69, 9.17) is 8.83 Å². The fraction of sp³-hybridized carbons (Fsp3) is 0.556. The largest absolute Gasteiger partial charge is 0.468 e. The van der Waals surface area contributed by atoms with Gasteiger partial charge < -0.3 is 13.7 Å². The van der Waals surface area contributed by atoms with E-state index in [2.05, 4.69) is 10.2 Å². The summed E-state index contributed by atoms with van der Waals surface area (Å²) in [5, 5.41) is 7.21. The van der Waals surface area contributed by atoms with Crippen molar-refractivity contribution in [1.82, 2.24) is 15.1 Å². The highest BCUT2D eigenvalue weighted by molar-refractivity contribution is 6.09. The second-order valence-electron chi connectivity index (χ2n) is 7.06. The predicted molar refractivity (Wildman–Crippen MR) is 87.7 cm³/mol. The van der Waals surface area contributed by atoms with Crippen molar-refractivity contribution in [2.75, 3.05) is 6.54 Å². The van der Waals surface area contributed by atoms with Gasteiger partial charge in [0.1, 0.15) is 24.5 Å². The fourth-order valence-electron chi connectivity index (χ4n) is 3.81. The molecule has 2 aromatic rings. The first-order valence-corrected chi connectivity index (χ1v) is 9.17. The van der Waals surface area contributed by atoms with Crippen LogP contribution in [0.1, 0.15) is 76.4 Å². The van der Waals surface area contributed by atoms with Gasteiger partial charge in [-0.1, -0.05) is 0 Å². The number of aryl methyl sites for hydroxylation is 1. The van der Waals surface area contributed by atoms with Crippen LogP contribution in [0.4, 0.5) is 13.2 Å². The Morgan fingerprint density at radius 3 is 2.82 bits per heavy atom. The Morgan fingerprint density at radius 1 is 1.21 bits per heavy atom. The number of halogens is 3. The summed E-state index contributed by atoms with van der Waals surface area (Å²) < 4.78 is 48.3. The lowest BCUT2D eigenvalue weighted by molar-refractivity contribution is -0.131. The molecule has 1 atom stereocenters. The van der Waals surface area contributed by atoms with E-state index in [-0.39, 0.29) is 17.2 Å². The predicted octanol–water partition coefficient (Wildman–Crippen LogP) is 3.65. The van der Waals surface area contributed by atoms with Crippen LogP contribution >= 0.6 is 0 Å². The normalized spacial score (nSPS) is 20.3. The van der Waals surface area contributed by atoms with Crippen LogP contribution in [0.15, 0.2) is 15.1 Å². The zero-order valence-corrected chi connectivity index (χ0v) is 14.9. The van der Waals surface area contributed by atoms with Crippen molar-refractivity contribution in [3.63, 3.8) is 0 Å². The molecule has 1 saturated heterocycles. The van der Waals surface area contributed by atoms with Crippen LogP contribution in [0.2, 0.25) is 0 Å². The van der Waals surface area contributed by atoms with Crippen LogP contribution < -0.4 is 0 Å². The fourth-order valence-corrected chi connectivity index (χ4v) is 3.81. The second kappa shape index (κ2) is 7.06. The van der Waals surface area contributed by atoms with Crippen molar-refractivity contribution >= 4 is 11.7 Å². The number of fused-ring (bicyclic) bond motifs is 1. The van der Waals surface area contributed by atoms with Gasteiger partial charge in [0.15, 0.2) is 5.78 Å². The van der Waals surface area contributed by atoms with Gasteiger partial charge in [-0.25, -0.2) is 0 Å². The Labute approximate surface area is 157 Å². The van der Waals surface area contributed by atoms with Crippen LogP contribution in [0.3, 0.4) is 0 Å². The molecule has 150 valence electrons. The van der Waals surface area contributed by atoms with E-state index in [1.807, 2.05) is 0 Å². The molecule has 1 fully saturated rings. The number of ketones is 1. The van der Waals surface area contributed by atoms with Crippen molar-refractivity contribution in [1.29, 1.82) is 0 Å². The third kappa shape index (κ3) is 3.55. The monoisotopic (exact) mass is 397 g/mol. The molecule has 7 nitrogen and oxygen atoms in total. The second-order valence-corrected chi connectivity index (χ2v) is 7.06. The minimum atomic E-state index is -4.46. The first-order valence-electron chi connectivity index (χ1n) is 9.17. The van der Waals surface area contributed by atoms with Crippen molar-refractivity contribution in [2.24, 2.45) is 0 Å². The number of furan rings is 1. The van der Waals surface area contributed by atoms with Crippen LogP contribution in [0, 0.1) is 0 Å². The zero-order chi connectivity index (χ0) is 19.9. The molecule has 1 unspecified atom stereocenters. The van der Waals surface area contributed by atoms with Gasteiger partial charge >= 0.3 is 6.18 Å². The molecular weight excluding hydrogens is 379 g/mol. The molecule has 3 heterocycles. The molecule has 0 N–H and O–H groups in total. The Morgan fingerprint density at radius 2 is 2.04 bits per heavy atom. The summed E-state index contributed by atoms with van der Waals surface area (Å²) in [6.45, 7) is 0.384. The van der Waals surface area contributed by atoms with Crippen LogP contribution in [0.25, 0.3) is 0 Å². The summed E-state index contributed by atoms with van der Waals surface area (Å²) in [6, 6.07) is -0.625. The summed E-state index contributed by atoms with van der Waals surface area (Å²) in [5.41, 5.74) is 0.519. The number of carbonyl (C=O) groups is 2. The van der Waals surface area contributed by atoms with Gasteiger partial charge in [0.05, 0.1) is 11.1 Å². The van der Waals surface area contributed by atoms with E-state index in [0.717, 1.165) is 12.8 Å². The Hall–Kier alpha value is -2.65. The topological polar surface area (TPSA) is 89.4 Å². The zero-order valence-electron chi connectivity index (χ0n) is 14.9. The number of carbonyl (C=O) groups excluding carboxylic acids is 2. The van der Waals surface area contributed by atoms with Crippen molar-refractivity contribution in [3.05, 3.63) is 34.9 Å². The van der Waals surface area contributed by atoms with Crippen LogP contribution in [0.5, 0.6) is 0 Å². The molecule has 1 aliphatic heterocycles. The highest BCUT2D eigenvalue weighted by Gasteiger charge is 2.37. The molecule has 2 aromatic heterocycles. The Balaban J connectivity index is 1.60. The standard InChI is InChI=1S/C18H18F3N3O4/c19-18(20,21)8-14-22-23-16(28-14)11-4-1-2-7-24(11)17(26)10-9-27-13-6-3-5-12(25)15(10)13/h9,11H,1-8H2. The SMILES string of the molecule is O=C1CCCc2occ(C(=O)N3CCCCC3c3nnc(CC(F)(F)F)o3)c21. The molecule has 28 heavy (non-hydrogen) atoms. The smallest absolute Gasteiger partial charge is 0.397 e. The van der Waals surface area contributed by atoms with Crippen LogP contribution in [-0.4, -0.2) is 39.5 Å². The summed E-state index contributed by atoms with van der Waals surface area (Å²) in [7, 11) is 0. The minimum Gasteiger partial charge on any atom is -0.468 e. The van der Waals surface area contributed by atoms with Gasteiger partial charge in [-0.05, 0) is 25.7 Å². The average Bonchev–Trinajstić information content (AvgIpc) is 3.27. The Bertz CT molecular complexity index is 902. The van der Waals surface area contributed by atoms with Crippen molar-refractivity contribution < 1.29 is 31.6 Å². The minimum absolute atomic E-state index is 0.0176. The van der Waals surface area contributed by atoms with E-state index < -0.39 is 30.4 Å².